The molecule has 2 amide bonds. The zero-order chi connectivity index (χ0) is 24.5. The molecule has 182 valence electrons. The van der Waals surface area contributed by atoms with Crippen molar-refractivity contribution in [3.63, 3.8) is 0 Å². The van der Waals surface area contributed by atoms with Crippen LogP contribution in [0.15, 0.2) is 47.4 Å². The molecule has 0 aliphatic carbocycles. The summed E-state index contributed by atoms with van der Waals surface area (Å²) in [6.07, 6.45) is 3.42. The Morgan fingerprint density at radius 2 is 1.71 bits per heavy atom. The van der Waals surface area contributed by atoms with Crippen molar-refractivity contribution in [1.82, 2.24) is 9.62 Å². The first-order chi connectivity index (χ1) is 16.2. The summed E-state index contributed by atoms with van der Waals surface area (Å²) >= 11 is 0. The fraction of sp³-hybridized carbons (Fsp3) is 0.462. The Bertz CT molecular complexity index is 1190. The Hall–Kier alpha value is -2.71. The number of aryl methyl sites for hydroxylation is 1. The maximum absolute atomic E-state index is 13.5. The number of carbonyl (C=O) groups is 2. The molecule has 34 heavy (non-hydrogen) atoms. The lowest BCUT2D eigenvalue weighted by atomic mass is 10.0. The average molecular weight is 484 g/mol. The molecule has 1 saturated heterocycles. The number of rotatable bonds is 6. The molecule has 2 heterocycles. The number of carbonyl (C=O) groups excluding carboxylic acids is 2. The summed E-state index contributed by atoms with van der Waals surface area (Å²) in [5.41, 5.74) is 3.06. The second-order valence-corrected chi connectivity index (χ2v) is 11.5. The summed E-state index contributed by atoms with van der Waals surface area (Å²) in [4.78, 5) is 28.3. The van der Waals surface area contributed by atoms with Crippen LogP contribution in [0.2, 0.25) is 0 Å². The molecule has 8 heteroatoms. The molecule has 0 radical (unpaired) electrons. The lowest BCUT2D eigenvalue weighted by molar-refractivity contribution is -0.121. The van der Waals surface area contributed by atoms with Crippen LogP contribution in [-0.2, 0) is 21.2 Å². The highest BCUT2D eigenvalue weighted by Gasteiger charge is 2.34. The van der Waals surface area contributed by atoms with Crippen molar-refractivity contribution in [3.8, 4) is 0 Å². The first-order valence-electron chi connectivity index (χ1n) is 12.0. The Morgan fingerprint density at radius 3 is 2.38 bits per heavy atom. The third-order valence-electron chi connectivity index (χ3n) is 6.66. The van der Waals surface area contributed by atoms with E-state index in [1.165, 1.54) is 0 Å². The molecule has 1 atom stereocenters. The van der Waals surface area contributed by atoms with E-state index in [2.05, 4.69) is 5.32 Å². The molecule has 7 nitrogen and oxygen atoms in total. The second kappa shape index (κ2) is 9.88. The number of anilines is 1. The van der Waals surface area contributed by atoms with Crippen LogP contribution >= 0.6 is 0 Å². The SMILES string of the molecule is Cc1cccc(C(=O)NC(C(=O)N2CCc3cc(S(=O)(=O)N4CCCCC4)ccc32)C(C)C)c1. The van der Waals surface area contributed by atoms with Crippen LogP contribution in [0.1, 0.15) is 54.6 Å². The highest BCUT2D eigenvalue weighted by Crippen LogP contribution is 2.32. The van der Waals surface area contributed by atoms with Crippen molar-refractivity contribution >= 4 is 27.5 Å². The molecular formula is C26H33N3O4S. The summed E-state index contributed by atoms with van der Waals surface area (Å²) < 4.78 is 27.7. The predicted octanol–water partition coefficient (Wildman–Crippen LogP) is 3.51. The van der Waals surface area contributed by atoms with Gasteiger partial charge in [-0.25, -0.2) is 8.42 Å². The summed E-state index contributed by atoms with van der Waals surface area (Å²) in [7, 11) is -3.53. The molecule has 2 aliphatic heterocycles. The van der Waals surface area contributed by atoms with Gasteiger partial charge in [0.1, 0.15) is 6.04 Å². The highest BCUT2D eigenvalue weighted by molar-refractivity contribution is 7.89. The van der Waals surface area contributed by atoms with E-state index in [0.29, 0.717) is 31.6 Å². The summed E-state index contributed by atoms with van der Waals surface area (Å²) in [6.45, 7) is 7.31. The van der Waals surface area contributed by atoms with Gasteiger partial charge in [0.2, 0.25) is 15.9 Å². The van der Waals surface area contributed by atoms with Gasteiger partial charge in [-0.1, -0.05) is 38.0 Å². The normalized spacial score (nSPS) is 17.5. The first kappa shape index (κ1) is 24.4. The van der Waals surface area contributed by atoms with Gasteiger partial charge >= 0.3 is 0 Å². The molecule has 4 rings (SSSR count). The Morgan fingerprint density at radius 1 is 0.971 bits per heavy atom. The van der Waals surface area contributed by atoms with Gasteiger partial charge in [-0.3, -0.25) is 9.59 Å². The van der Waals surface area contributed by atoms with E-state index < -0.39 is 16.1 Å². The van der Waals surface area contributed by atoms with Crippen molar-refractivity contribution in [3.05, 3.63) is 59.2 Å². The molecule has 2 aliphatic rings. The molecular weight excluding hydrogens is 450 g/mol. The number of hydrogen-bond acceptors (Lipinski definition) is 4. The quantitative estimate of drug-likeness (QED) is 0.681. The first-order valence-corrected chi connectivity index (χ1v) is 13.4. The fourth-order valence-electron chi connectivity index (χ4n) is 4.71. The van der Waals surface area contributed by atoms with Crippen LogP contribution < -0.4 is 10.2 Å². The smallest absolute Gasteiger partial charge is 0.251 e. The lowest BCUT2D eigenvalue weighted by Gasteiger charge is -2.28. The van der Waals surface area contributed by atoms with Crippen molar-refractivity contribution in [2.75, 3.05) is 24.5 Å². The largest absolute Gasteiger partial charge is 0.340 e. The molecule has 0 spiro atoms. The molecule has 1 unspecified atom stereocenters. The minimum Gasteiger partial charge on any atom is -0.340 e. The standard InChI is InChI=1S/C26H33N3O4S/c1-18(2)24(27-25(30)21-9-7-8-19(3)16-21)26(31)29-15-12-20-17-22(10-11-23(20)29)34(32,33)28-13-5-4-6-14-28/h7-11,16-18,24H,4-6,12-15H2,1-3H3,(H,27,30). The van der Waals surface area contributed by atoms with Crippen LogP contribution in [0.5, 0.6) is 0 Å². The lowest BCUT2D eigenvalue weighted by Crippen LogP contribution is -2.51. The summed E-state index contributed by atoms with van der Waals surface area (Å²) in [6, 6.07) is 11.6. The summed E-state index contributed by atoms with van der Waals surface area (Å²) in [5, 5.41) is 2.91. The van der Waals surface area contributed by atoms with Crippen molar-refractivity contribution in [1.29, 1.82) is 0 Å². The molecule has 0 aromatic heterocycles. The molecule has 2 aromatic carbocycles. The van der Waals surface area contributed by atoms with Crippen LogP contribution in [0.3, 0.4) is 0 Å². The number of nitrogens with one attached hydrogen (secondary N) is 1. The monoisotopic (exact) mass is 483 g/mol. The van der Waals surface area contributed by atoms with Crippen molar-refractivity contribution in [2.45, 2.75) is 57.4 Å². The van der Waals surface area contributed by atoms with Crippen molar-refractivity contribution in [2.24, 2.45) is 5.92 Å². The molecule has 1 fully saturated rings. The topological polar surface area (TPSA) is 86.8 Å². The van der Waals surface area contributed by atoms with Gasteiger partial charge < -0.3 is 10.2 Å². The van der Waals surface area contributed by atoms with Crippen LogP contribution in [0.4, 0.5) is 5.69 Å². The Balaban J connectivity index is 1.54. The zero-order valence-electron chi connectivity index (χ0n) is 20.1. The third kappa shape index (κ3) is 4.88. The number of nitrogens with zero attached hydrogens (tertiary/aromatic N) is 2. The zero-order valence-corrected chi connectivity index (χ0v) is 20.9. The van der Waals surface area contributed by atoms with E-state index in [1.54, 1.807) is 39.5 Å². The van der Waals surface area contributed by atoms with Gasteiger partial charge in [-0.2, -0.15) is 4.31 Å². The molecule has 0 bridgehead atoms. The fourth-order valence-corrected chi connectivity index (χ4v) is 6.28. The van der Waals surface area contributed by atoms with Gasteiger partial charge in [0, 0.05) is 30.9 Å². The Kier molecular flexibility index (Phi) is 7.09. The number of fused-ring (bicyclic) bond motifs is 1. The maximum Gasteiger partial charge on any atom is 0.251 e. The minimum absolute atomic E-state index is 0.107. The molecule has 0 saturated carbocycles. The summed E-state index contributed by atoms with van der Waals surface area (Å²) in [5.74, 6) is -0.566. The third-order valence-corrected chi connectivity index (χ3v) is 8.56. The molecule has 1 N–H and O–H groups in total. The Labute approximate surface area is 202 Å². The van der Waals surface area contributed by atoms with Gasteiger partial charge in [-0.15, -0.1) is 0 Å². The minimum atomic E-state index is -3.53. The number of amides is 2. The number of benzene rings is 2. The van der Waals surface area contributed by atoms with E-state index in [1.807, 2.05) is 32.9 Å². The van der Waals surface area contributed by atoms with Crippen LogP contribution in [-0.4, -0.2) is 50.2 Å². The maximum atomic E-state index is 13.5. The number of sulfonamides is 1. The predicted molar refractivity (Wildman–Crippen MR) is 132 cm³/mol. The van der Waals surface area contributed by atoms with Crippen LogP contribution in [0.25, 0.3) is 0 Å². The average Bonchev–Trinajstić information content (AvgIpc) is 3.25. The number of piperidine rings is 1. The van der Waals surface area contributed by atoms with Crippen molar-refractivity contribution < 1.29 is 18.0 Å². The number of hydrogen-bond donors (Lipinski definition) is 1. The highest BCUT2D eigenvalue weighted by atomic mass is 32.2. The van der Waals surface area contributed by atoms with E-state index in [0.717, 1.165) is 36.1 Å². The van der Waals surface area contributed by atoms with Crippen LogP contribution in [0, 0.1) is 12.8 Å². The van der Waals surface area contributed by atoms with Gasteiger partial charge in [-0.05, 0) is 68.0 Å². The van der Waals surface area contributed by atoms with E-state index >= 15 is 0 Å². The van der Waals surface area contributed by atoms with Gasteiger partial charge in [0.25, 0.3) is 5.91 Å². The van der Waals surface area contributed by atoms with Gasteiger partial charge in [0.15, 0.2) is 0 Å². The van der Waals surface area contributed by atoms with Gasteiger partial charge in [0.05, 0.1) is 4.90 Å². The molecule has 2 aromatic rings. The second-order valence-electron chi connectivity index (χ2n) is 9.56. The van der Waals surface area contributed by atoms with E-state index in [9.17, 15) is 18.0 Å². The van der Waals surface area contributed by atoms with E-state index in [-0.39, 0.29) is 22.6 Å². The van der Waals surface area contributed by atoms with E-state index in [4.69, 9.17) is 0 Å².